The van der Waals surface area contributed by atoms with Gasteiger partial charge in [-0.25, -0.2) is 9.18 Å². The van der Waals surface area contributed by atoms with E-state index in [0.717, 1.165) is 19.1 Å². The molecule has 0 bridgehead atoms. The normalized spacial score (nSPS) is 29.9. The Morgan fingerprint density at radius 1 is 1.36 bits per heavy atom. The van der Waals surface area contributed by atoms with E-state index in [2.05, 4.69) is 4.74 Å². The zero-order valence-electron chi connectivity index (χ0n) is 13.0. The molecule has 0 aliphatic carbocycles. The van der Waals surface area contributed by atoms with Crippen LogP contribution >= 0.6 is 0 Å². The van der Waals surface area contributed by atoms with Gasteiger partial charge in [0.1, 0.15) is 11.6 Å². The molecule has 0 spiro atoms. The third kappa shape index (κ3) is 3.39. The highest BCUT2D eigenvalue weighted by Crippen LogP contribution is 2.54. The Hall–Kier alpha value is -1.97. The molecule has 0 unspecified atom stereocenters. The first kappa shape index (κ1) is 19.4. The molecule has 1 fully saturated rings. The fourth-order valence-electron chi connectivity index (χ4n) is 2.99. The van der Waals surface area contributed by atoms with Crippen LogP contribution in [0.25, 0.3) is 0 Å². The molecule has 2 rings (SSSR count). The van der Waals surface area contributed by atoms with Crippen LogP contribution in [0.5, 0.6) is 5.75 Å². The lowest BCUT2D eigenvalue weighted by molar-refractivity contribution is -0.273. The maximum absolute atomic E-state index is 13.4. The fourth-order valence-corrected chi connectivity index (χ4v) is 2.99. The quantitative estimate of drug-likeness (QED) is 0.814. The Morgan fingerprint density at radius 2 is 1.96 bits per heavy atom. The van der Waals surface area contributed by atoms with Crippen LogP contribution in [-0.2, 0) is 9.53 Å². The first-order valence-electron chi connectivity index (χ1n) is 7.10. The second-order valence-electron chi connectivity index (χ2n) is 5.86. The second kappa shape index (κ2) is 6.40. The molecule has 140 valence electrons. The van der Waals surface area contributed by atoms with E-state index in [1.807, 2.05) is 0 Å². The Morgan fingerprint density at radius 3 is 2.44 bits per heavy atom. The Bertz CT molecular complexity index is 662. The standard InChI is InChI=1S/C15H14F6O4/c1-6-10(8-4-3-7(16)5-9(8)24-13(17)18)11(12(22)23)25-14(6,2)15(19,20)21/h3-6,10-11,13H,1-2H3,(H,22,23)/t6-,10-,11+,14+/m0/s1. The number of hydrogen-bond acceptors (Lipinski definition) is 3. The first-order valence-corrected chi connectivity index (χ1v) is 7.10. The third-order valence-electron chi connectivity index (χ3n) is 4.46. The van der Waals surface area contributed by atoms with Crippen molar-refractivity contribution in [2.45, 2.75) is 44.3 Å². The van der Waals surface area contributed by atoms with Crippen LogP contribution in [-0.4, -0.2) is 35.6 Å². The van der Waals surface area contributed by atoms with Gasteiger partial charge in [0.15, 0.2) is 11.7 Å². The summed E-state index contributed by atoms with van der Waals surface area (Å²) < 4.78 is 87.5. The van der Waals surface area contributed by atoms with Crippen molar-refractivity contribution in [3.05, 3.63) is 29.6 Å². The average molecular weight is 372 g/mol. The van der Waals surface area contributed by atoms with Gasteiger partial charge < -0.3 is 14.6 Å². The van der Waals surface area contributed by atoms with Gasteiger partial charge in [0.2, 0.25) is 0 Å². The smallest absolute Gasteiger partial charge is 0.417 e. The van der Waals surface area contributed by atoms with Gasteiger partial charge in [-0.15, -0.1) is 0 Å². The molecule has 25 heavy (non-hydrogen) atoms. The summed E-state index contributed by atoms with van der Waals surface area (Å²) in [4.78, 5) is 11.4. The van der Waals surface area contributed by atoms with Crippen LogP contribution in [0.3, 0.4) is 0 Å². The van der Waals surface area contributed by atoms with Crippen LogP contribution in [0.4, 0.5) is 26.3 Å². The highest BCUT2D eigenvalue weighted by atomic mass is 19.4. The van der Waals surface area contributed by atoms with E-state index in [-0.39, 0.29) is 5.56 Å². The molecule has 0 saturated carbocycles. The number of aliphatic carboxylic acids is 1. The highest BCUT2D eigenvalue weighted by Gasteiger charge is 2.66. The zero-order valence-corrected chi connectivity index (χ0v) is 13.0. The number of carboxylic acid groups (broad SMARTS) is 1. The van der Waals surface area contributed by atoms with Crippen molar-refractivity contribution in [3.63, 3.8) is 0 Å². The minimum atomic E-state index is -4.90. The van der Waals surface area contributed by atoms with Crippen LogP contribution in [0, 0.1) is 11.7 Å². The molecule has 1 aromatic rings. The monoisotopic (exact) mass is 372 g/mol. The highest BCUT2D eigenvalue weighted by molar-refractivity contribution is 5.75. The number of benzene rings is 1. The number of halogens is 6. The summed E-state index contributed by atoms with van der Waals surface area (Å²) in [5, 5.41) is 9.23. The molecule has 0 amide bonds. The Labute approximate surface area is 138 Å². The lowest BCUT2D eigenvalue weighted by Crippen LogP contribution is -2.47. The van der Waals surface area contributed by atoms with Crippen molar-refractivity contribution in [2.75, 3.05) is 0 Å². The summed E-state index contributed by atoms with van der Waals surface area (Å²) in [6, 6.07) is 2.31. The number of carboxylic acids is 1. The van der Waals surface area contributed by atoms with Crippen molar-refractivity contribution in [1.82, 2.24) is 0 Å². The number of alkyl halides is 5. The number of rotatable bonds is 4. The van der Waals surface area contributed by atoms with Crippen molar-refractivity contribution < 1.29 is 45.7 Å². The SMILES string of the molecule is C[C@H]1[C@@H](c2ccc(F)cc2OC(F)F)[C@H](C(=O)O)O[C@@]1(C)C(F)(F)F. The van der Waals surface area contributed by atoms with Crippen LogP contribution in [0.2, 0.25) is 0 Å². The summed E-state index contributed by atoms with van der Waals surface area (Å²) >= 11 is 0. The van der Waals surface area contributed by atoms with E-state index in [9.17, 15) is 36.2 Å². The van der Waals surface area contributed by atoms with Gasteiger partial charge in [0.25, 0.3) is 0 Å². The van der Waals surface area contributed by atoms with E-state index < -0.39 is 53.9 Å². The maximum Gasteiger partial charge on any atom is 0.417 e. The van der Waals surface area contributed by atoms with E-state index >= 15 is 0 Å². The van der Waals surface area contributed by atoms with E-state index in [1.165, 1.54) is 0 Å². The van der Waals surface area contributed by atoms with Gasteiger partial charge in [-0.3, -0.25) is 0 Å². The Balaban J connectivity index is 2.58. The average Bonchev–Trinajstić information content (AvgIpc) is 2.72. The number of carbonyl (C=O) groups is 1. The first-order chi connectivity index (χ1) is 11.4. The molecule has 10 heteroatoms. The van der Waals surface area contributed by atoms with Crippen molar-refractivity contribution in [1.29, 1.82) is 0 Å². The zero-order chi connectivity index (χ0) is 19.2. The summed E-state index contributed by atoms with van der Waals surface area (Å²) in [5.74, 6) is -6.32. The lowest BCUT2D eigenvalue weighted by atomic mass is 9.77. The van der Waals surface area contributed by atoms with Gasteiger partial charge in [0.05, 0.1) is 0 Å². The predicted molar refractivity (Wildman–Crippen MR) is 71.9 cm³/mol. The predicted octanol–water partition coefficient (Wildman–Crippen LogP) is 3.95. The molecule has 1 saturated heterocycles. The molecule has 1 aliphatic heterocycles. The van der Waals surface area contributed by atoms with Crippen LogP contribution < -0.4 is 4.74 Å². The van der Waals surface area contributed by atoms with Crippen LogP contribution in [0.15, 0.2) is 18.2 Å². The topological polar surface area (TPSA) is 55.8 Å². The van der Waals surface area contributed by atoms with Crippen molar-refractivity contribution >= 4 is 5.97 Å². The molecule has 0 radical (unpaired) electrons. The number of ether oxygens (including phenoxy) is 2. The van der Waals surface area contributed by atoms with E-state index in [4.69, 9.17) is 4.74 Å². The van der Waals surface area contributed by atoms with Crippen LogP contribution in [0.1, 0.15) is 25.3 Å². The van der Waals surface area contributed by atoms with Gasteiger partial charge >= 0.3 is 18.8 Å². The summed E-state index contributed by atoms with van der Waals surface area (Å²) in [6.45, 7) is -1.59. The van der Waals surface area contributed by atoms with Gasteiger partial charge in [0, 0.05) is 23.5 Å². The van der Waals surface area contributed by atoms with Crippen molar-refractivity contribution in [3.8, 4) is 5.75 Å². The molecule has 1 heterocycles. The molecule has 4 atom stereocenters. The maximum atomic E-state index is 13.4. The molecule has 0 aromatic heterocycles. The van der Waals surface area contributed by atoms with Gasteiger partial charge in [-0.05, 0) is 13.0 Å². The largest absolute Gasteiger partial charge is 0.479 e. The Kier molecular flexibility index (Phi) is 4.95. The molecule has 4 nitrogen and oxygen atoms in total. The lowest BCUT2D eigenvalue weighted by Gasteiger charge is -2.31. The molecule has 1 aromatic carbocycles. The van der Waals surface area contributed by atoms with E-state index in [0.29, 0.717) is 13.0 Å². The fraction of sp³-hybridized carbons (Fsp3) is 0.533. The summed E-state index contributed by atoms with van der Waals surface area (Å²) in [5.41, 5.74) is -3.12. The molecule has 1 N–H and O–H groups in total. The minimum Gasteiger partial charge on any atom is -0.479 e. The third-order valence-corrected chi connectivity index (χ3v) is 4.46. The van der Waals surface area contributed by atoms with Crippen molar-refractivity contribution in [2.24, 2.45) is 5.92 Å². The molecule has 1 aliphatic rings. The molecular formula is C15H14F6O4. The van der Waals surface area contributed by atoms with Gasteiger partial charge in [-0.2, -0.15) is 22.0 Å². The minimum absolute atomic E-state index is 0.297. The number of hydrogen-bond donors (Lipinski definition) is 1. The molecular weight excluding hydrogens is 358 g/mol. The van der Waals surface area contributed by atoms with Gasteiger partial charge in [-0.1, -0.05) is 13.0 Å². The summed E-state index contributed by atoms with van der Waals surface area (Å²) in [7, 11) is 0. The van der Waals surface area contributed by atoms with E-state index in [1.54, 1.807) is 0 Å². The summed E-state index contributed by atoms with van der Waals surface area (Å²) in [6.07, 6.45) is -6.87. The second-order valence-corrected chi connectivity index (χ2v) is 5.86.